The van der Waals surface area contributed by atoms with Crippen LogP contribution in [-0.4, -0.2) is 9.13 Å². The quantitative estimate of drug-likeness (QED) is 0.195. The minimum atomic E-state index is 0.643. The third-order valence-electron chi connectivity index (χ3n) is 9.55. The van der Waals surface area contributed by atoms with Gasteiger partial charge >= 0.3 is 0 Å². The average molecular weight is 616 g/mol. The minimum absolute atomic E-state index is 0.643. The molecule has 0 amide bonds. The standard InChI is InChI=1S/C43H25N3S/c44-26-27-21-22-31(40(25-27)46-36-18-7-4-13-29(36)30-14-5-8-19-37(30)46)32-16-10-17-33-34-23-24-39-41(43(34)47-42(32)33)35-15-6-9-20-38(35)45(39)28-11-2-1-3-12-28/h1-25H. The Morgan fingerprint density at radius 2 is 1.06 bits per heavy atom. The summed E-state index contributed by atoms with van der Waals surface area (Å²) in [6.07, 6.45) is 0. The SMILES string of the molecule is N#Cc1ccc(-c2cccc3c2sc2c3ccc3c2c2ccccc2n3-c2ccccc2)c(-n2c3ccccc3c3ccccc32)c1. The molecule has 0 fully saturated rings. The van der Waals surface area contributed by atoms with E-state index in [9.17, 15) is 5.26 Å². The zero-order chi connectivity index (χ0) is 31.1. The molecule has 0 N–H and O–H groups in total. The van der Waals surface area contributed by atoms with Gasteiger partial charge in [-0.1, -0.05) is 103 Å². The van der Waals surface area contributed by atoms with E-state index in [4.69, 9.17) is 0 Å². The van der Waals surface area contributed by atoms with Crippen LogP contribution in [0.15, 0.2) is 152 Å². The normalized spacial score (nSPS) is 11.8. The Kier molecular flexibility index (Phi) is 5.51. The molecule has 47 heavy (non-hydrogen) atoms. The number of benzene rings is 7. The molecule has 218 valence electrons. The second-order valence-corrected chi connectivity index (χ2v) is 13.0. The second-order valence-electron chi connectivity index (χ2n) is 12.0. The first-order valence-electron chi connectivity index (χ1n) is 15.8. The van der Waals surface area contributed by atoms with E-state index in [2.05, 4.69) is 155 Å². The molecular weight excluding hydrogens is 591 g/mol. The lowest BCUT2D eigenvalue weighted by molar-refractivity contribution is 1.18. The van der Waals surface area contributed by atoms with Crippen molar-refractivity contribution in [2.75, 3.05) is 0 Å². The highest BCUT2D eigenvalue weighted by Crippen LogP contribution is 2.47. The van der Waals surface area contributed by atoms with Crippen LogP contribution in [0.2, 0.25) is 0 Å². The summed E-state index contributed by atoms with van der Waals surface area (Å²) >= 11 is 1.87. The van der Waals surface area contributed by atoms with Gasteiger partial charge < -0.3 is 9.13 Å². The molecule has 0 spiro atoms. The number of aromatic nitrogens is 2. The fraction of sp³-hybridized carbons (Fsp3) is 0. The lowest BCUT2D eigenvalue weighted by Gasteiger charge is -2.15. The molecule has 3 heterocycles. The number of para-hydroxylation sites is 4. The molecule has 4 heteroatoms. The highest BCUT2D eigenvalue weighted by atomic mass is 32.1. The third-order valence-corrected chi connectivity index (χ3v) is 10.8. The molecule has 0 unspecified atom stereocenters. The van der Waals surface area contributed by atoms with Gasteiger partial charge in [0.25, 0.3) is 0 Å². The van der Waals surface area contributed by atoms with Gasteiger partial charge in [-0.15, -0.1) is 11.3 Å². The average Bonchev–Trinajstić information content (AvgIpc) is 3.79. The number of rotatable bonds is 3. The molecular formula is C43H25N3S. The van der Waals surface area contributed by atoms with E-state index in [1.165, 1.54) is 58.3 Å². The molecule has 7 aromatic carbocycles. The van der Waals surface area contributed by atoms with Crippen LogP contribution >= 0.6 is 11.3 Å². The molecule has 0 aliphatic rings. The Morgan fingerprint density at radius 3 is 1.79 bits per heavy atom. The fourth-order valence-corrected chi connectivity index (χ4v) is 8.96. The predicted molar refractivity (Wildman–Crippen MR) is 198 cm³/mol. The van der Waals surface area contributed by atoms with Crippen molar-refractivity contribution < 1.29 is 0 Å². The van der Waals surface area contributed by atoms with Gasteiger partial charge in [0.1, 0.15) is 0 Å². The van der Waals surface area contributed by atoms with Crippen LogP contribution in [0.3, 0.4) is 0 Å². The monoisotopic (exact) mass is 615 g/mol. The van der Waals surface area contributed by atoms with E-state index < -0.39 is 0 Å². The Hall–Kier alpha value is -6.15. The lowest BCUT2D eigenvalue weighted by Crippen LogP contribution is -1.98. The van der Waals surface area contributed by atoms with E-state index >= 15 is 0 Å². The first kappa shape index (κ1) is 26.1. The van der Waals surface area contributed by atoms with E-state index in [1.807, 2.05) is 23.5 Å². The van der Waals surface area contributed by atoms with Gasteiger partial charge in [0.15, 0.2) is 0 Å². The van der Waals surface area contributed by atoms with E-state index in [1.54, 1.807) is 0 Å². The summed E-state index contributed by atoms with van der Waals surface area (Å²) in [5, 5.41) is 17.5. The molecule has 0 saturated carbocycles. The molecule has 0 atom stereocenters. The van der Waals surface area contributed by atoms with Crippen molar-refractivity contribution in [2.45, 2.75) is 0 Å². The van der Waals surface area contributed by atoms with Crippen molar-refractivity contribution in [2.24, 2.45) is 0 Å². The molecule has 0 aliphatic heterocycles. The van der Waals surface area contributed by atoms with Crippen LogP contribution in [-0.2, 0) is 0 Å². The minimum Gasteiger partial charge on any atom is -0.309 e. The van der Waals surface area contributed by atoms with E-state index in [0.717, 1.165) is 28.0 Å². The van der Waals surface area contributed by atoms with Gasteiger partial charge in [0.2, 0.25) is 0 Å². The Morgan fingerprint density at radius 1 is 0.447 bits per heavy atom. The molecule has 3 aromatic heterocycles. The summed E-state index contributed by atoms with van der Waals surface area (Å²) in [4.78, 5) is 0. The maximum Gasteiger partial charge on any atom is 0.0992 e. The van der Waals surface area contributed by atoms with Crippen LogP contribution in [0.1, 0.15) is 5.56 Å². The first-order valence-corrected chi connectivity index (χ1v) is 16.6. The first-order chi connectivity index (χ1) is 23.3. The summed E-state index contributed by atoms with van der Waals surface area (Å²) in [6, 6.07) is 56.3. The van der Waals surface area contributed by atoms with Crippen molar-refractivity contribution in [3.05, 3.63) is 157 Å². The number of fused-ring (bicyclic) bond motifs is 10. The van der Waals surface area contributed by atoms with Gasteiger partial charge in [0, 0.05) is 58.5 Å². The summed E-state index contributed by atoms with van der Waals surface area (Å²) in [5.74, 6) is 0. The summed E-state index contributed by atoms with van der Waals surface area (Å²) in [7, 11) is 0. The summed E-state index contributed by atoms with van der Waals surface area (Å²) in [5.41, 5.74) is 9.77. The van der Waals surface area contributed by atoms with Crippen molar-refractivity contribution in [1.29, 1.82) is 5.26 Å². The van der Waals surface area contributed by atoms with Gasteiger partial charge in [-0.2, -0.15) is 5.26 Å². The zero-order valence-corrected chi connectivity index (χ0v) is 26.0. The number of nitriles is 1. The summed E-state index contributed by atoms with van der Waals surface area (Å²) in [6.45, 7) is 0. The van der Waals surface area contributed by atoms with Gasteiger partial charge in [-0.3, -0.25) is 0 Å². The summed E-state index contributed by atoms with van der Waals surface area (Å²) < 4.78 is 7.26. The highest BCUT2D eigenvalue weighted by Gasteiger charge is 2.21. The lowest BCUT2D eigenvalue weighted by atomic mass is 9.99. The molecule has 0 aliphatic carbocycles. The Bertz CT molecular complexity index is 2860. The molecule has 10 rings (SSSR count). The molecule has 10 aromatic rings. The number of hydrogen-bond donors (Lipinski definition) is 0. The Balaban J connectivity index is 1.31. The van der Waals surface area contributed by atoms with Crippen molar-refractivity contribution >= 4 is 75.1 Å². The molecule has 3 nitrogen and oxygen atoms in total. The maximum atomic E-state index is 10.0. The van der Waals surface area contributed by atoms with Crippen LogP contribution < -0.4 is 0 Å². The van der Waals surface area contributed by atoms with Gasteiger partial charge in [-0.05, 0) is 48.5 Å². The van der Waals surface area contributed by atoms with Crippen LogP contribution in [0, 0.1) is 11.3 Å². The predicted octanol–water partition coefficient (Wildman–Crippen LogP) is 11.8. The number of hydrogen-bond acceptors (Lipinski definition) is 2. The highest BCUT2D eigenvalue weighted by molar-refractivity contribution is 7.27. The number of nitrogens with zero attached hydrogens (tertiary/aromatic N) is 3. The van der Waals surface area contributed by atoms with Crippen LogP contribution in [0.4, 0.5) is 0 Å². The largest absolute Gasteiger partial charge is 0.309 e. The molecule has 0 bridgehead atoms. The van der Waals surface area contributed by atoms with Crippen molar-refractivity contribution in [3.63, 3.8) is 0 Å². The van der Waals surface area contributed by atoms with Crippen molar-refractivity contribution in [3.8, 4) is 28.6 Å². The van der Waals surface area contributed by atoms with Crippen molar-refractivity contribution in [1.82, 2.24) is 9.13 Å². The van der Waals surface area contributed by atoms with E-state index in [-0.39, 0.29) is 0 Å². The molecule has 0 saturated heterocycles. The van der Waals surface area contributed by atoms with E-state index in [0.29, 0.717) is 5.56 Å². The molecule has 0 radical (unpaired) electrons. The second kappa shape index (κ2) is 9.92. The third kappa shape index (κ3) is 3.66. The van der Waals surface area contributed by atoms with Gasteiger partial charge in [0.05, 0.1) is 39.4 Å². The fourth-order valence-electron chi connectivity index (χ4n) is 7.57. The topological polar surface area (TPSA) is 33.6 Å². The van der Waals surface area contributed by atoms with Crippen LogP contribution in [0.5, 0.6) is 0 Å². The Labute approximate surface area is 274 Å². The van der Waals surface area contributed by atoms with Crippen LogP contribution in [0.25, 0.3) is 86.3 Å². The zero-order valence-electron chi connectivity index (χ0n) is 25.2. The smallest absolute Gasteiger partial charge is 0.0992 e. The number of thiophene rings is 1. The van der Waals surface area contributed by atoms with Gasteiger partial charge in [-0.25, -0.2) is 0 Å². The maximum absolute atomic E-state index is 10.0.